The van der Waals surface area contributed by atoms with Crippen molar-refractivity contribution in [3.63, 3.8) is 0 Å². The van der Waals surface area contributed by atoms with Crippen molar-refractivity contribution < 1.29 is 44.4 Å². The summed E-state index contributed by atoms with van der Waals surface area (Å²) in [6, 6.07) is 5.79. The summed E-state index contributed by atoms with van der Waals surface area (Å²) in [5.41, 5.74) is -1.46. The first-order valence-electron chi connectivity index (χ1n) is 16.1. The largest absolute Gasteiger partial charge is 0.481 e. The van der Waals surface area contributed by atoms with E-state index in [-0.39, 0.29) is 17.6 Å². The number of aliphatic hydroxyl groups is 1. The highest BCUT2D eigenvalue weighted by Crippen LogP contribution is 2.26. The van der Waals surface area contributed by atoms with Gasteiger partial charge in [0.2, 0.25) is 5.91 Å². The van der Waals surface area contributed by atoms with Gasteiger partial charge in [0, 0.05) is 19.3 Å². The minimum atomic E-state index is -3.00. The highest BCUT2D eigenvalue weighted by atomic mass is 16.4. The van der Waals surface area contributed by atoms with Crippen LogP contribution in [0.15, 0.2) is 36.4 Å². The van der Waals surface area contributed by atoms with Gasteiger partial charge in [0.05, 0.1) is 12.3 Å². The minimum absolute atomic E-state index is 0.103. The first kappa shape index (κ1) is 39.5. The Morgan fingerprint density at radius 1 is 0.822 bits per heavy atom. The fourth-order valence-electron chi connectivity index (χ4n) is 5.07. The topological polar surface area (TPSA) is 178 Å². The Kier molecular flexibility index (Phi) is 17.4. The molecule has 0 bridgehead atoms. The molecule has 0 aliphatic carbocycles. The maximum Gasteiger partial charge on any atom is 0.337 e. The molecule has 0 aliphatic rings. The number of carbonyl (C=O) groups is 5. The van der Waals surface area contributed by atoms with Crippen LogP contribution >= 0.6 is 0 Å². The third-order valence-electron chi connectivity index (χ3n) is 7.93. The van der Waals surface area contributed by atoms with Gasteiger partial charge in [-0.15, -0.1) is 0 Å². The number of Topliss-reactive ketones (excluding diaryl/α,β-unsaturated/α-hetero) is 1. The Labute approximate surface area is 267 Å². The molecule has 0 radical (unpaired) electrons. The highest BCUT2D eigenvalue weighted by Gasteiger charge is 2.49. The first-order chi connectivity index (χ1) is 21.1. The van der Waals surface area contributed by atoms with Gasteiger partial charge in [-0.3, -0.25) is 14.4 Å². The van der Waals surface area contributed by atoms with Crippen molar-refractivity contribution in [2.75, 3.05) is 0 Å². The van der Waals surface area contributed by atoms with Crippen LogP contribution in [0.25, 0.3) is 0 Å². The summed E-state index contributed by atoms with van der Waals surface area (Å²) in [4.78, 5) is 60.8. The summed E-state index contributed by atoms with van der Waals surface area (Å²) < 4.78 is 0. The normalized spacial score (nSPS) is 14.4. The van der Waals surface area contributed by atoms with Gasteiger partial charge in [0.25, 0.3) is 0 Å². The van der Waals surface area contributed by atoms with Gasteiger partial charge in [-0.25, -0.2) is 9.59 Å². The smallest absolute Gasteiger partial charge is 0.337 e. The number of hydrogen-bond donors (Lipinski definition) is 5. The van der Waals surface area contributed by atoms with Crippen LogP contribution in [0.3, 0.4) is 0 Å². The first-order valence-corrected chi connectivity index (χ1v) is 16.1. The third-order valence-corrected chi connectivity index (χ3v) is 7.93. The van der Waals surface area contributed by atoms with Crippen LogP contribution in [-0.2, 0) is 35.8 Å². The molecule has 1 aromatic rings. The number of amides is 1. The second-order valence-electron chi connectivity index (χ2n) is 12.9. The molecule has 45 heavy (non-hydrogen) atoms. The molecule has 0 aromatic heterocycles. The Morgan fingerprint density at radius 3 is 1.87 bits per heavy atom. The van der Waals surface area contributed by atoms with Crippen molar-refractivity contribution in [2.45, 2.75) is 135 Å². The molecule has 1 amide bonds. The Bertz CT molecular complexity index is 1140. The van der Waals surface area contributed by atoms with E-state index >= 15 is 0 Å². The van der Waals surface area contributed by atoms with Crippen molar-refractivity contribution in [1.29, 1.82) is 0 Å². The van der Waals surface area contributed by atoms with Crippen LogP contribution in [0.1, 0.15) is 122 Å². The molecule has 0 saturated carbocycles. The maximum absolute atomic E-state index is 13.3. The molecular formula is C35H53NO9. The van der Waals surface area contributed by atoms with Crippen LogP contribution < -0.4 is 5.32 Å². The molecule has 1 aromatic carbocycles. The molecule has 1 rings (SSSR count). The van der Waals surface area contributed by atoms with Crippen molar-refractivity contribution in [3.05, 3.63) is 47.5 Å². The molecule has 0 aliphatic heterocycles. The lowest BCUT2D eigenvalue weighted by Gasteiger charge is -2.29. The fourth-order valence-corrected chi connectivity index (χ4v) is 5.07. The zero-order chi connectivity index (χ0) is 34.0. The summed E-state index contributed by atoms with van der Waals surface area (Å²) in [5, 5.41) is 42.0. The zero-order valence-electron chi connectivity index (χ0n) is 27.3. The van der Waals surface area contributed by atoms with E-state index in [1.165, 1.54) is 18.9 Å². The number of carboxylic acid groups (broad SMARTS) is 3. The van der Waals surface area contributed by atoms with Gasteiger partial charge in [0.1, 0.15) is 11.8 Å². The summed E-state index contributed by atoms with van der Waals surface area (Å²) in [7, 11) is 0. The number of ketones is 1. The predicted molar refractivity (Wildman–Crippen MR) is 172 cm³/mol. The lowest BCUT2D eigenvalue weighted by atomic mass is 9.82. The number of carbonyl (C=O) groups excluding carboxylic acids is 2. The maximum atomic E-state index is 13.3. The van der Waals surface area contributed by atoms with Crippen molar-refractivity contribution in [1.82, 2.24) is 5.32 Å². The van der Waals surface area contributed by atoms with E-state index < -0.39 is 47.8 Å². The summed E-state index contributed by atoms with van der Waals surface area (Å²) in [6.07, 6.45) is 11.4. The Balaban J connectivity index is 2.85. The molecule has 0 fully saturated rings. The molecule has 0 unspecified atom stereocenters. The zero-order valence-corrected chi connectivity index (χ0v) is 27.3. The van der Waals surface area contributed by atoms with Crippen LogP contribution in [0.2, 0.25) is 0 Å². The van der Waals surface area contributed by atoms with Gasteiger partial charge in [-0.05, 0) is 42.2 Å². The second kappa shape index (κ2) is 19.8. The quantitative estimate of drug-likeness (QED) is 0.0734. The number of benzene rings is 1. The van der Waals surface area contributed by atoms with Crippen LogP contribution in [-0.4, -0.2) is 61.7 Å². The molecule has 5 N–H and O–H groups in total. The molecule has 0 saturated heterocycles. The molecule has 10 nitrogen and oxygen atoms in total. The van der Waals surface area contributed by atoms with Crippen LogP contribution in [0, 0.1) is 5.92 Å². The molecule has 252 valence electrons. The number of aliphatic carboxylic acids is 3. The molecular weight excluding hydrogens is 578 g/mol. The van der Waals surface area contributed by atoms with E-state index in [1.807, 2.05) is 32.9 Å². The lowest BCUT2D eigenvalue weighted by molar-refractivity contribution is -0.172. The van der Waals surface area contributed by atoms with E-state index in [4.69, 9.17) is 0 Å². The van der Waals surface area contributed by atoms with E-state index in [0.29, 0.717) is 31.2 Å². The van der Waals surface area contributed by atoms with Gasteiger partial charge in [-0.1, -0.05) is 103 Å². The van der Waals surface area contributed by atoms with Crippen molar-refractivity contribution in [2.24, 2.45) is 5.92 Å². The molecule has 10 heteroatoms. The number of unbranched alkanes of at least 4 members (excludes halogenated alkanes) is 8. The predicted octanol–water partition coefficient (Wildman–Crippen LogP) is 5.83. The number of carboxylic acids is 3. The minimum Gasteiger partial charge on any atom is -0.481 e. The van der Waals surface area contributed by atoms with Crippen LogP contribution in [0.5, 0.6) is 0 Å². The monoisotopic (exact) mass is 631 g/mol. The van der Waals surface area contributed by atoms with Gasteiger partial charge < -0.3 is 25.7 Å². The standard InChI is InChI=1S/C35H53NO9/c1-5-6-7-10-13-16-27(37)17-14-11-8-9-12-15-18-28(35(45,33(43)44)24-30(38)39)31(40)36-29(32(41)42)23-25-19-21-26(22-20-25)34(2,3)4/h15,18-22,28-29,45H,5-14,16-17,23-24H2,1-4H3,(H,36,40)(H,38,39)(H,41,42)(H,43,44)/b18-15+/t28-,29+,35+/m1/s1. The number of hydrogen-bond acceptors (Lipinski definition) is 6. The Hall–Kier alpha value is -3.53. The summed E-state index contributed by atoms with van der Waals surface area (Å²) >= 11 is 0. The van der Waals surface area contributed by atoms with Crippen molar-refractivity contribution >= 4 is 29.6 Å². The summed E-state index contributed by atoms with van der Waals surface area (Å²) in [6.45, 7) is 8.27. The van der Waals surface area contributed by atoms with E-state index in [0.717, 1.165) is 50.2 Å². The van der Waals surface area contributed by atoms with E-state index in [9.17, 15) is 44.4 Å². The molecule has 3 atom stereocenters. The number of allylic oxidation sites excluding steroid dienone is 1. The summed E-state index contributed by atoms with van der Waals surface area (Å²) in [5.74, 6) is -7.59. The van der Waals surface area contributed by atoms with Crippen molar-refractivity contribution in [3.8, 4) is 0 Å². The SMILES string of the molecule is CCCCCCCC(=O)CCCCCC/C=C/[C@H](C(=O)N[C@@H](Cc1ccc(C(C)(C)C)cc1)C(=O)O)[C@@](O)(CC(=O)O)C(=O)O. The lowest BCUT2D eigenvalue weighted by Crippen LogP contribution is -2.55. The average Bonchev–Trinajstić information content (AvgIpc) is 2.95. The van der Waals surface area contributed by atoms with Gasteiger partial charge >= 0.3 is 17.9 Å². The highest BCUT2D eigenvalue weighted by molar-refractivity contribution is 5.94. The Morgan fingerprint density at radius 2 is 1.38 bits per heavy atom. The third kappa shape index (κ3) is 14.9. The van der Waals surface area contributed by atoms with E-state index in [1.54, 1.807) is 12.1 Å². The van der Waals surface area contributed by atoms with Gasteiger partial charge in [-0.2, -0.15) is 0 Å². The fraction of sp³-hybridized carbons (Fsp3) is 0.629. The molecule has 0 spiro atoms. The van der Waals surface area contributed by atoms with Crippen LogP contribution in [0.4, 0.5) is 0 Å². The number of rotatable bonds is 23. The number of nitrogens with one attached hydrogen (secondary N) is 1. The second-order valence-corrected chi connectivity index (χ2v) is 12.9. The average molecular weight is 632 g/mol. The van der Waals surface area contributed by atoms with Gasteiger partial charge in [0.15, 0.2) is 5.60 Å². The molecule has 0 heterocycles. The van der Waals surface area contributed by atoms with E-state index in [2.05, 4.69) is 12.2 Å².